The van der Waals surface area contributed by atoms with Crippen molar-refractivity contribution in [2.24, 2.45) is 11.8 Å². The van der Waals surface area contributed by atoms with Gasteiger partial charge in [0.2, 0.25) is 0 Å². The predicted octanol–water partition coefficient (Wildman–Crippen LogP) is 4.00. The van der Waals surface area contributed by atoms with E-state index in [1.54, 1.807) is 7.11 Å². The summed E-state index contributed by atoms with van der Waals surface area (Å²) in [6, 6.07) is 8.40. The molecule has 1 N–H and O–H groups in total. The van der Waals surface area contributed by atoms with Crippen LogP contribution in [-0.2, 0) is 0 Å². The summed E-state index contributed by atoms with van der Waals surface area (Å²) in [7, 11) is 1.69. The Bertz CT molecular complexity index is 880. The van der Waals surface area contributed by atoms with Gasteiger partial charge in [0.15, 0.2) is 0 Å². The van der Waals surface area contributed by atoms with E-state index in [-0.39, 0.29) is 6.04 Å². The van der Waals surface area contributed by atoms with Crippen LogP contribution in [0.2, 0.25) is 0 Å². The SMILES string of the molecule is CC[C@H]1CN2CC[C@H]1C[C@H]2[C@H](O)c1cc(N2CCCC2)nc2ccc(OC)cc12. The van der Waals surface area contributed by atoms with Gasteiger partial charge >= 0.3 is 0 Å². The second-order valence-corrected chi connectivity index (χ2v) is 9.11. The Hall–Kier alpha value is -1.85. The quantitative estimate of drug-likeness (QED) is 0.829. The minimum Gasteiger partial charge on any atom is -0.497 e. The Morgan fingerprint density at radius 2 is 2.03 bits per heavy atom. The minimum atomic E-state index is -0.491. The number of piperidine rings is 3. The Morgan fingerprint density at radius 1 is 1.21 bits per heavy atom. The van der Waals surface area contributed by atoms with E-state index in [2.05, 4.69) is 22.8 Å². The van der Waals surface area contributed by atoms with Crippen molar-refractivity contribution in [2.45, 2.75) is 51.2 Å². The molecule has 0 radical (unpaired) electrons. The van der Waals surface area contributed by atoms with Crippen molar-refractivity contribution in [3.05, 3.63) is 29.8 Å². The Kier molecular flexibility index (Phi) is 5.12. The molecule has 29 heavy (non-hydrogen) atoms. The summed E-state index contributed by atoms with van der Waals surface area (Å²) in [6.07, 6.45) is 5.58. The summed E-state index contributed by atoms with van der Waals surface area (Å²) in [4.78, 5) is 9.84. The summed E-state index contributed by atoms with van der Waals surface area (Å²) in [5, 5.41) is 12.6. The van der Waals surface area contributed by atoms with Crippen LogP contribution >= 0.6 is 0 Å². The molecule has 6 rings (SSSR count). The van der Waals surface area contributed by atoms with Gasteiger partial charge in [-0.25, -0.2) is 4.98 Å². The van der Waals surface area contributed by atoms with Crippen molar-refractivity contribution in [3.63, 3.8) is 0 Å². The lowest BCUT2D eigenvalue weighted by Gasteiger charge is -2.51. The average Bonchev–Trinajstić information content (AvgIpc) is 3.32. The van der Waals surface area contributed by atoms with Crippen LogP contribution in [0, 0.1) is 11.8 Å². The second-order valence-electron chi connectivity index (χ2n) is 9.11. The number of nitrogens with zero attached hydrogens (tertiary/aromatic N) is 3. The number of aliphatic hydroxyl groups is 1. The predicted molar refractivity (Wildman–Crippen MR) is 117 cm³/mol. The van der Waals surface area contributed by atoms with E-state index in [0.717, 1.165) is 72.5 Å². The minimum absolute atomic E-state index is 0.208. The van der Waals surface area contributed by atoms with E-state index in [4.69, 9.17) is 9.72 Å². The molecule has 5 heterocycles. The smallest absolute Gasteiger partial charge is 0.129 e. The van der Waals surface area contributed by atoms with Crippen LogP contribution in [0.3, 0.4) is 0 Å². The number of ether oxygens (including phenoxy) is 1. The van der Waals surface area contributed by atoms with Crippen molar-refractivity contribution in [1.82, 2.24) is 9.88 Å². The summed E-state index contributed by atoms with van der Waals surface area (Å²) in [5.41, 5.74) is 1.97. The van der Waals surface area contributed by atoms with Crippen molar-refractivity contribution in [1.29, 1.82) is 0 Å². The molecule has 4 fully saturated rings. The molecule has 0 aliphatic carbocycles. The normalized spacial score (nSPS) is 30.1. The Labute approximate surface area is 173 Å². The molecule has 5 atom stereocenters. The van der Waals surface area contributed by atoms with Crippen molar-refractivity contribution in [3.8, 4) is 5.75 Å². The standard InChI is InChI=1S/C24H33N3O2/c1-3-16-15-27-11-8-17(16)12-22(27)24(28)20-14-23(26-9-4-5-10-26)25-21-7-6-18(29-2)13-19(20)21/h6-7,13-14,16-17,22,24,28H,3-5,8-12,15H2,1-2H3/t16-,17-,22-,24+/m0/s1. The van der Waals surface area contributed by atoms with Crippen LogP contribution in [0.5, 0.6) is 5.75 Å². The van der Waals surface area contributed by atoms with Crippen LogP contribution in [0.15, 0.2) is 24.3 Å². The highest BCUT2D eigenvalue weighted by atomic mass is 16.5. The molecule has 0 spiro atoms. The zero-order valence-electron chi connectivity index (χ0n) is 17.7. The second kappa shape index (κ2) is 7.77. The first kappa shape index (κ1) is 19.1. The first-order valence-electron chi connectivity index (χ1n) is 11.3. The van der Waals surface area contributed by atoms with Crippen molar-refractivity contribution >= 4 is 16.7 Å². The van der Waals surface area contributed by atoms with Crippen LogP contribution in [0.4, 0.5) is 5.82 Å². The average molecular weight is 396 g/mol. The van der Waals surface area contributed by atoms with E-state index in [9.17, 15) is 5.11 Å². The lowest BCUT2D eigenvalue weighted by molar-refractivity contribution is -0.0562. The van der Waals surface area contributed by atoms with Gasteiger partial charge in [0, 0.05) is 31.1 Å². The largest absolute Gasteiger partial charge is 0.497 e. The number of methoxy groups -OCH3 is 1. The third-order valence-electron chi connectivity index (χ3n) is 7.61. The maximum Gasteiger partial charge on any atom is 0.129 e. The van der Waals surface area contributed by atoms with Gasteiger partial charge in [0.05, 0.1) is 18.7 Å². The number of aromatic nitrogens is 1. The Balaban J connectivity index is 1.55. The Morgan fingerprint density at radius 3 is 2.72 bits per heavy atom. The van der Waals surface area contributed by atoms with E-state index in [1.165, 1.54) is 25.7 Å². The monoisotopic (exact) mass is 395 g/mol. The first-order chi connectivity index (χ1) is 14.2. The number of benzene rings is 1. The molecule has 1 unspecified atom stereocenters. The lowest BCUT2D eigenvalue weighted by atomic mass is 9.72. The number of pyridine rings is 1. The molecule has 0 saturated carbocycles. The maximum atomic E-state index is 11.6. The molecule has 4 aliphatic heterocycles. The summed E-state index contributed by atoms with van der Waals surface area (Å²) in [5.74, 6) is 3.38. The van der Waals surface area contributed by atoms with Gasteiger partial charge in [-0.1, -0.05) is 13.3 Å². The van der Waals surface area contributed by atoms with Gasteiger partial charge in [0.25, 0.3) is 0 Å². The molecular formula is C24H33N3O2. The highest BCUT2D eigenvalue weighted by Crippen LogP contribution is 2.43. The fourth-order valence-electron chi connectivity index (χ4n) is 5.87. The van der Waals surface area contributed by atoms with Gasteiger partial charge in [-0.15, -0.1) is 0 Å². The number of anilines is 1. The molecule has 1 aromatic carbocycles. The fraction of sp³-hybridized carbons (Fsp3) is 0.625. The third kappa shape index (κ3) is 3.38. The summed E-state index contributed by atoms with van der Waals surface area (Å²) >= 11 is 0. The number of fused-ring (bicyclic) bond motifs is 4. The van der Waals surface area contributed by atoms with Gasteiger partial charge in [0.1, 0.15) is 11.6 Å². The van der Waals surface area contributed by atoms with Crippen LogP contribution in [-0.4, -0.2) is 54.3 Å². The van der Waals surface area contributed by atoms with Crippen molar-refractivity contribution < 1.29 is 9.84 Å². The molecular weight excluding hydrogens is 362 g/mol. The molecule has 5 heteroatoms. The molecule has 2 aromatic rings. The molecule has 0 amide bonds. The first-order valence-corrected chi connectivity index (χ1v) is 11.3. The molecule has 156 valence electrons. The maximum absolute atomic E-state index is 11.6. The van der Waals surface area contributed by atoms with E-state index >= 15 is 0 Å². The fourth-order valence-corrected chi connectivity index (χ4v) is 5.87. The number of aliphatic hydroxyl groups excluding tert-OH is 1. The lowest BCUT2D eigenvalue weighted by Crippen LogP contribution is -2.55. The zero-order valence-corrected chi connectivity index (χ0v) is 17.7. The summed E-state index contributed by atoms with van der Waals surface area (Å²) in [6.45, 7) is 6.67. The highest BCUT2D eigenvalue weighted by molar-refractivity contribution is 5.86. The van der Waals surface area contributed by atoms with Gasteiger partial charge < -0.3 is 14.7 Å². The molecule has 2 bridgehead atoms. The highest BCUT2D eigenvalue weighted by Gasteiger charge is 2.42. The third-order valence-corrected chi connectivity index (χ3v) is 7.61. The number of hydrogen-bond donors (Lipinski definition) is 1. The van der Waals surface area contributed by atoms with Crippen LogP contribution < -0.4 is 9.64 Å². The van der Waals surface area contributed by atoms with Crippen molar-refractivity contribution in [2.75, 3.05) is 38.2 Å². The van der Waals surface area contributed by atoms with Crippen LogP contribution in [0.1, 0.15) is 50.7 Å². The van der Waals surface area contributed by atoms with E-state index in [0.29, 0.717) is 0 Å². The molecule has 5 nitrogen and oxygen atoms in total. The molecule has 1 aromatic heterocycles. The van der Waals surface area contributed by atoms with E-state index < -0.39 is 6.10 Å². The van der Waals surface area contributed by atoms with E-state index in [1.807, 2.05) is 18.2 Å². The van der Waals surface area contributed by atoms with Gasteiger partial charge in [-0.3, -0.25) is 4.90 Å². The zero-order chi connectivity index (χ0) is 20.0. The van der Waals surface area contributed by atoms with Gasteiger partial charge in [-0.05, 0) is 73.9 Å². The number of hydrogen-bond acceptors (Lipinski definition) is 5. The van der Waals surface area contributed by atoms with Crippen LogP contribution in [0.25, 0.3) is 10.9 Å². The number of rotatable bonds is 5. The topological polar surface area (TPSA) is 48.8 Å². The van der Waals surface area contributed by atoms with Gasteiger partial charge in [-0.2, -0.15) is 0 Å². The molecule has 4 aliphatic rings. The molecule has 4 saturated heterocycles. The summed E-state index contributed by atoms with van der Waals surface area (Å²) < 4.78 is 5.48.